The Balaban J connectivity index is 1.83. The van der Waals surface area contributed by atoms with Gasteiger partial charge in [0.1, 0.15) is 12.1 Å². The fraction of sp³-hybridized carbons (Fsp3) is 0.484. The molecular formula is C31H42N4O6S. The molecule has 228 valence electrons. The number of aliphatic hydroxyl groups is 1. The number of rotatable bonds is 11. The summed E-state index contributed by atoms with van der Waals surface area (Å²) in [5.41, 5.74) is 2.81. The van der Waals surface area contributed by atoms with E-state index in [-0.39, 0.29) is 24.1 Å². The first-order valence-corrected chi connectivity index (χ1v) is 15.0. The lowest BCUT2D eigenvalue weighted by Crippen LogP contribution is -2.60. The molecule has 0 unspecified atom stereocenters. The fourth-order valence-electron chi connectivity index (χ4n) is 4.95. The van der Waals surface area contributed by atoms with Crippen LogP contribution in [-0.4, -0.2) is 75.8 Å². The van der Waals surface area contributed by atoms with Gasteiger partial charge in [0, 0.05) is 11.3 Å². The van der Waals surface area contributed by atoms with Crippen LogP contribution in [0.4, 0.5) is 4.79 Å². The van der Waals surface area contributed by atoms with E-state index < -0.39 is 46.9 Å². The van der Waals surface area contributed by atoms with Crippen LogP contribution in [-0.2, 0) is 32.1 Å². The van der Waals surface area contributed by atoms with Gasteiger partial charge in [-0.25, -0.2) is 4.79 Å². The first-order valence-electron chi connectivity index (χ1n) is 14.0. The van der Waals surface area contributed by atoms with Crippen molar-refractivity contribution in [2.75, 3.05) is 13.0 Å². The normalized spacial score (nSPS) is 18.1. The quantitative estimate of drug-likeness (QED) is 0.312. The summed E-state index contributed by atoms with van der Waals surface area (Å²) in [6, 6.07) is 14.1. The largest absolute Gasteiger partial charge is 0.453 e. The van der Waals surface area contributed by atoms with E-state index >= 15 is 0 Å². The first-order chi connectivity index (χ1) is 19.9. The number of thioether (sulfide) groups is 1. The van der Waals surface area contributed by atoms with Crippen molar-refractivity contribution in [1.82, 2.24) is 20.9 Å². The molecule has 0 bridgehead atoms. The molecule has 4 amide bonds. The Labute approximate surface area is 252 Å². The zero-order chi connectivity index (χ0) is 31.0. The third-order valence-corrected chi connectivity index (χ3v) is 8.83. The van der Waals surface area contributed by atoms with Gasteiger partial charge in [-0.1, -0.05) is 68.4 Å². The minimum Gasteiger partial charge on any atom is -0.453 e. The van der Waals surface area contributed by atoms with E-state index in [1.54, 1.807) is 13.8 Å². The Morgan fingerprint density at radius 2 is 1.69 bits per heavy atom. The van der Waals surface area contributed by atoms with E-state index in [0.29, 0.717) is 6.54 Å². The van der Waals surface area contributed by atoms with Gasteiger partial charge in [0.25, 0.3) is 5.91 Å². The monoisotopic (exact) mass is 598 g/mol. The first kappa shape index (κ1) is 32.9. The Kier molecular flexibility index (Phi) is 11.4. The van der Waals surface area contributed by atoms with Crippen LogP contribution in [0.2, 0.25) is 0 Å². The van der Waals surface area contributed by atoms with E-state index in [2.05, 4.69) is 20.7 Å². The fourth-order valence-corrected chi connectivity index (χ4v) is 6.09. The molecule has 0 aromatic heterocycles. The van der Waals surface area contributed by atoms with E-state index in [1.165, 1.54) is 23.8 Å². The summed E-state index contributed by atoms with van der Waals surface area (Å²) >= 11 is 1.45. The lowest BCUT2D eigenvalue weighted by molar-refractivity contribution is -0.148. The molecule has 4 atom stereocenters. The summed E-state index contributed by atoms with van der Waals surface area (Å²) in [6.45, 7) is 9.59. The third-order valence-electron chi connectivity index (χ3n) is 7.46. The van der Waals surface area contributed by atoms with Crippen LogP contribution < -0.4 is 16.0 Å². The summed E-state index contributed by atoms with van der Waals surface area (Å²) in [4.78, 5) is 53.9. The summed E-state index contributed by atoms with van der Waals surface area (Å²) in [6.07, 6.45) is -2.27. The van der Waals surface area contributed by atoms with Gasteiger partial charge in [-0.15, -0.1) is 11.8 Å². The van der Waals surface area contributed by atoms with Crippen LogP contribution in [0.15, 0.2) is 54.6 Å². The van der Waals surface area contributed by atoms with Gasteiger partial charge in [0.15, 0.2) is 6.10 Å². The summed E-state index contributed by atoms with van der Waals surface area (Å²) in [5, 5.41) is 19.7. The van der Waals surface area contributed by atoms with Crippen molar-refractivity contribution in [1.29, 1.82) is 0 Å². The minimum absolute atomic E-state index is 0.150. The molecule has 1 aliphatic heterocycles. The van der Waals surface area contributed by atoms with Gasteiger partial charge in [0.2, 0.25) is 11.8 Å². The third kappa shape index (κ3) is 8.25. The Morgan fingerprint density at radius 3 is 2.31 bits per heavy atom. The molecule has 1 heterocycles. The molecule has 10 nitrogen and oxygen atoms in total. The zero-order valence-corrected chi connectivity index (χ0v) is 25.9. The molecule has 1 saturated heterocycles. The molecule has 1 aliphatic rings. The number of aliphatic hydroxyl groups excluding tert-OH is 1. The number of hydrogen-bond acceptors (Lipinski definition) is 7. The molecule has 11 heteroatoms. The van der Waals surface area contributed by atoms with Crippen molar-refractivity contribution in [2.24, 2.45) is 5.92 Å². The smallest absolute Gasteiger partial charge is 0.407 e. The topological polar surface area (TPSA) is 137 Å². The van der Waals surface area contributed by atoms with Crippen LogP contribution in [0.25, 0.3) is 0 Å². The van der Waals surface area contributed by atoms with Gasteiger partial charge in [-0.05, 0) is 49.8 Å². The van der Waals surface area contributed by atoms with Crippen molar-refractivity contribution >= 4 is 35.6 Å². The number of amides is 4. The maximum absolute atomic E-state index is 13.9. The maximum atomic E-state index is 13.9. The van der Waals surface area contributed by atoms with E-state index in [1.807, 2.05) is 75.4 Å². The zero-order valence-electron chi connectivity index (χ0n) is 25.0. The average molecular weight is 599 g/mol. The molecule has 1 fully saturated rings. The predicted molar refractivity (Wildman–Crippen MR) is 162 cm³/mol. The Morgan fingerprint density at radius 1 is 1.05 bits per heavy atom. The Bertz CT molecular complexity index is 1250. The van der Waals surface area contributed by atoms with E-state index in [4.69, 9.17) is 0 Å². The highest BCUT2D eigenvalue weighted by atomic mass is 32.2. The van der Waals surface area contributed by atoms with Crippen molar-refractivity contribution in [2.45, 2.75) is 76.6 Å². The molecule has 2 aromatic carbocycles. The highest BCUT2D eigenvalue weighted by Crippen LogP contribution is 2.40. The van der Waals surface area contributed by atoms with Crippen LogP contribution in [0.3, 0.4) is 0 Å². The van der Waals surface area contributed by atoms with Crippen LogP contribution in [0.5, 0.6) is 0 Å². The van der Waals surface area contributed by atoms with Crippen molar-refractivity contribution in [3.05, 3.63) is 71.3 Å². The number of benzene rings is 2. The molecule has 0 radical (unpaired) electrons. The number of carbonyl (C=O) groups excluding carboxylic acids is 4. The second-order valence-electron chi connectivity index (χ2n) is 11.3. The van der Waals surface area contributed by atoms with Crippen molar-refractivity contribution in [3.63, 3.8) is 0 Å². The summed E-state index contributed by atoms with van der Waals surface area (Å²) in [7, 11) is 1.20. The second kappa shape index (κ2) is 14.6. The molecule has 4 N–H and O–H groups in total. The lowest BCUT2D eigenvalue weighted by Gasteiger charge is -2.34. The maximum Gasteiger partial charge on any atom is 0.407 e. The summed E-state index contributed by atoms with van der Waals surface area (Å²) < 4.78 is 4.05. The molecule has 3 rings (SSSR count). The number of nitrogens with zero attached hydrogens (tertiary/aromatic N) is 1. The van der Waals surface area contributed by atoms with Crippen LogP contribution >= 0.6 is 11.8 Å². The highest BCUT2D eigenvalue weighted by molar-refractivity contribution is 8.00. The Hall–Kier alpha value is -3.57. The number of methoxy groups -OCH3 is 1. The molecule has 2 aromatic rings. The van der Waals surface area contributed by atoms with E-state index in [9.17, 15) is 24.3 Å². The number of alkyl carbamates (subject to hydrolysis) is 1. The SMILES string of the molecule is COC(=O)N[C@H](C(=O)N[C@@H](Cc1ccccc1)[C@H](O)C(=O)N1CSC(C)(C)[C@H]1C(=O)NCc1ccccc1C)C(C)C. The molecule has 42 heavy (non-hydrogen) atoms. The predicted octanol–water partition coefficient (Wildman–Crippen LogP) is 2.76. The number of carbonyl (C=O) groups is 4. The van der Waals surface area contributed by atoms with Crippen molar-refractivity contribution in [3.8, 4) is 0 Å². The van der Waals surface area contributed by atoms with Gasteiger partial charge in [-0.3, -0.25) is 14.4 Å². The van der Waals surface area contributed by atoms with Crippen molar-refractivity contribution < 1.29 is 29.0 Å². The molecular weight excluding hydrogens is 556 g/mol. The summed E-state index contributed by atoms with van der Waals surface area (Å²) in [5.74, 6) is -1.64. The van der Waals surface area contributed by atoms with Gasteiger partial charge in [-0.2, -0.15) is 0 Å². The van der Waals surface area contributed by atoms with Crippen LogP contribution in [0.1, 0.15) is 44.4 Å². The molecule has 0 aliphatic carbocycles. The van der Waals surface area contributed by atoms with Gasteiger partial charge >= 0.3 is 6.09 Å². The van der Waals surface area contributed by atoms with Crippen LogP contribution in [0, 0.1) is 12.8 Å². The lowest BCUT2D eigenvalue weighted by atomic mass is 9.96. The van der Waals surface area contributed by atoms with Gasteiger partial charge in [0.05, 0.1) is 19.0 Å². The molecule has 0 spiro atoms. The van der Waals surface area contributed by atoms with Gasteiger partial charge < -0.3 is 30.7 Å². The second-order valence-corrected chi connectivity index (χ2v) is 12.9. The molecule has 0 saturated carbocycles. The standard InChI is InChI=1S/C31H42N4O6S/c1-19(2)24(34-30(40)41-6)27(37)33-23(16-21-13-8-7-9-14-21)25(36)29(39)35-18-42-31(4,5)26(35)28(38)32-17-22-15-11-10-12-20(22)3/h7-15,19,23-26,36H,16-18H2,1-6H3,(H,32,38)(H,33,37)(H,34,40)/t23-,24-,25-,26+/m0/s1. The van der Waals surface area contributed by atoms with E-state index in [0.717, 1.165) is 16.7 Å². The number of ether oxygens (including phenoxy) is 1. The number of nitrogens with one attached hydrogen (secondary N) is 3. The number of aryl methyl sites for hydroxylation is 1. The minimum atomic E-state index is -1.65. The number of hydrogen-bond donors (Lipinski definition) is 4. The highest BCUT2D eigenvalue weighted by Gasteiger charge is 2.50. The average Bonchev–Trinajstić information content (AvgIpc) is 3.28.